The van der Waals surface area contributed by atoms with E-state index in [0.29, 0.717) is 17.2 Å². The smallest absolute Gasteiger partial charge is 0.357 e. The molecule has 1 heterocycles. The van der Waals surface area contributed by atoms with E-state index in [0.717, 1.165) is 24.2 Å². The number of ether oxygens (including phenoxy) is 1. The second-order valence-corrected chi connectivity index (χ2v) is 6.48. The molecule has 0 saturated heterocycles. The van der Waals surface area contributed by atoms with Gasteiger partial charge in [0, 0.05) is 18.1 Å². The van der Waals surface area contributed by atoms with Gasteiger partial charge in [-0.1, -0.05) is 18.2 Å². The number of hydrogen-bond acceptors (Lipinski definition) is 5. The Kier molecular flexibility index (Phi) is 4.42. The Bertz CT molecular complexity index is 976. The number of aromatic nitrogens is 2. The van der Waals surface area contributed by atoms with Gasteiger partial charge in [-0.3, -0.25) is 10.1 Å². The lowest BCUT2D eigenvalue weighted by Gasteiger charge is -2.08. The molecule has 0 unspecified atom stereocenters. The molecule has 7 heteroatoms. The van der Waals surface area contributed by atoms with Gasteiger partial charge in [0.15, 0.2) is 5.69 Å². The summed E-state index contributed by atoms with van der Waals surface area (Å²) >= 11 is 0. The van der Waals surface area contributed by atoms with Crippen LogP contribution >= 0.6 is 0 Å². The summed E-state index contributed by atoms with van der Waals surface area (Å²) in [5.74, 6) is -0.0622. The second-order valence-electron chi connectivity index (χ2n) is 6.48. The Balaban J connectivity index is 1.53. The fourth-order valence-corrected chi connectivity index (χ4v) is 2.83. The van der Waals surface area contributed by atoms with E-state index in [1.807, 2.05) is 30.3 Å². The summed E-state index contributed by atoms with van der Waals surface area (Å²) in [6, 6.07) is 17.2. The molecule has 1 aromatic heterocycles. The zero-order chi connectivity index (χ0) is 18.8. The molecular formula is C20H17N3O4. The number of nitro benzene ring substituents is 1. The molecule has 0 atom stereocenters. The summed E-state index contributed by atoms with van der Waals surface area (Å²) < 4.78 is 7.04. The number of esters is 1. The van der Waals surface area contributed by atoms with Gasteiger partial charge in [0.2, 0.25) is 0 Å². The summed E-state index contributed by atoms with van der Waals surface area (Å²) in [4.78, 5) is 22.9. The minimum Gasteiger partial charge on any atom is -0.456 e. The quantitative estimate of drug-likeness (QED) is 0.375. The highest BCUT2D eigenvalue weighted by Crippen LogP contribution is 2.39. The fraction of sp³-hybridized carbons (Fsp3) is 0.200. The molecule has 1 aliphatic carbocycles. The van der Waals surface area contributed by atoms with Gasteiger partial charge in [0.25, 0.3) is 5.69 Å². The summed E-state index contributed by atoms with van der Waals surface area (Å²) in [7, 11) is 0. The molecule has 1 fully saturated rings. The first-order valence-electron chi connectivity index (χ1n) is 8.67. The van der Waals surface area contributed by atoms with Gasteiger partial charge < -0.3 is 4.74 Å². The molecule has 0 spiro atoms. The predicted octanol–water partition coefficient (Wildman–Crippen LogP) is 4.01. The molecule has 0 bridgehead atoms. The topological polar surface area (TPSA) is 87.3 Å². The molecule has 0 aliphatic heterocycles. The highest BCUT2D eigenvalue weighted by atomic mass is 16.6. The Morgan fingerprint density at radius 1 is 1.15 bits per heavy atom. The lowest BCUT2D eigenvalue weighted by Crippen LogP contribution is -2.12. The van der Waals surface area contributed by atoms with Crippen LogP contribution in [0, 0.1) is 10.1 Å². The molecule has 4 rings (SSSR count). The van der Waals surface area contributed by atoms with Crippen LogP contribution in [0.25, 0.3) is 5.69 Å². The molecule has 0 radical (unpaired) electrons. The summed E-state index contributed by atoms with van der Waals surface area (Å²) in [5, 5.41) is 15.3. The molecule has 2 aromatic carbocycles. The molecule has 27 heavy (non-hydrogen) atoms. The van der Waals surface area contributed by atoms with Crippen molar-refractivity contribution in [1.82, 2.24) is 9.78 Å². The van der Waals surface area contributed by atoms with E-state index < -0.39 is 10.9 Å². The fourth-order valence-electron chi connectivity index (χ4n) is 2.83. The van der Waals surface area contributed by atoms with Gasteiger partial charge in [-0.15, -0.1) is 0 Å². The SMILES string of the molecule is O=C(OCc1ccc([N+](=O)[O-])cc1)c1cc(C2CC2)nn1-c1ccccc1. The Labute approximate surface area is 155 Å². The summed E-state index contributed by atoms with van der Waals surface area (Å²) in [5.41, 5.74) is 2.77. The van der Waals surface area contributed by atoms with E-state index in [-0.39, 0.29) is 12.3 Å². The van der Waals surface area contributed by atoms with E-state index in [1.165, 1.54) is 12.1 Å². The third kappa shape index (κ3) is 3.72. The average Bonchev–Trinajstić information content (AvgIpc) is 3.45. The van der Waals surface area contributed by atoms with Crippen molar-refractivity contribution in [3.05, 3.63) is 87.7 Å². The highest BCUT2D eigenvalue weighted by molar-refractivity contribution is 5.88. The van der Waals surface area contributed by atoms with Gasteiger partial charge in [0.1, 0.15) is 6.61 Å². The molecule has 0 N–H and O–H groups in total. The zero-order valence-corrected chi connectivity index (χ0v) is 14.4. The second kappa shape index (κ2) is 7.03. The lowest BCUT2D eigenvalue weighted by molar-refractivity contribution is -0.384. The first-order valence-corrected chi connectivity index (χ1v) is 8.67. The minimum atomic E-state index is -0.475. The lowest BCUT2D eigenvalue weighted by atomic mass is 10.2. The molecule has 0 amide bonds. The largest absolute Gasteiger partial charge is 0.456 e. The predicted molar refractivity (Wildman–Crippen MR) is 97.8 cm³/mol. The van der Waals surface area contributed by atoms with Crippen LogP contribution in [-0.4, -0.2) is 20.7 Å². The van der Waals surface area contributed by atoms with Gasteiger partial charge in [-0.05, 0) is 48.7 Å². The van der Waals surface area contributed by atoms with Crippen molar-refractivity contribution in [3.8, 4) is 5.69 Å². The van der Waals surface area contributed by atoms with Crippen molar-refractivity contribution in [1.29, 1.82) is 0 Å². The maximum Gasteiger partial charge on any atom is 0.357 e. The number of nitrogens with zero attached hydrogens (tertiary/aromatic N) is 3. The summed E-state index contributed by atoms with van der Waals surface area (Å²) in [6.45, 7) is 0.0373. The molecule has 3 aromatic rings. The maximum atomic E-state index is 12.7. The maximum absolute atomic E-state index is 12.7. The van der Waals surface area contributed by atoms with Crippen LogP contribution in [-0.2, 0) is 11.3 Å². The number of rotatable bonds is 6. The van der Waals surface area contributed by atoms with Gasteiger partial charge in [-0.2, -0.15) is 5.10 Å². The number of para-hydroxylation sites is 1. The monoisotopic (exact) mass is 363 g/mol. The van der Waals surface area contributed by atoms with E-state index >= 15 is 0 Å². The van der Waals surface area contributed by atoms with Crippen LogP contribution < -0.4 is 0 Å². The van der Waals surface area contributed by atoms with Crippen LogP contribution in [0.4, 0.5) is 5.69 Å². The minimum absolute atomic E-state index is 0.00121. The van der Waals surface area contributed by atoms with Crippen molar-refractivity contribution in [2.24, 2.45) is 0 Å². The molecule has 136 valence electrons. The van der Waals surface area contributed by atoms with Crippen molar-refractivity contribution >= 4 is 11.7 Å². The third-order valence-electron chi connectivity index (χ3n) is 4.45. The van der Waals surface area contributed by atoms with E-state index in [2.05, 4.69) is 5.10 Å². The number of hydrogen-bond donors (Lipinski definition) is 0. The molecule has 1 aliphatic rings. The van der Waals surface area contributed by atoms with Crippen molar-refractivity contribution in [2.45, 2.75) is 25.4 Å². The first kappa shape index (κ1) is 17.0. The molecular weight excluding hydrogens is 346 g/mol. The number of benzene rings is 2. The first-order chi connectivity index (χ1) is 13.1. The molecule has 1 saturated carbocycles. The van der Waals surface area contributed by atoms with E-state index in [9.17, 15) is 14.9 Å². The van der Waals surface area contributed by atoms with E-state index in [4.69, 9.17) is 4.74 Å². The van der Waals surface area contributed by atoms with Crippen LogP contribution in [0.5, 0.6) is 0 Å². The average molecular weight is 363 g/mol. The van der Waals surface area contributed by atoms with Crippen molar-refractivity contribution in [2.75, 3.05) is 0 Å². The van der Waals surface area contributed by atoms with Gasteiger partial charge >= 0.3 is 5.97 Å². The van der Waals surface area contributed by atoms with Gasteiger partial charge in [-0.25, -0.2) is 9.48 Å². The summed E-state index contributed by atoms with van der Waals surface area (Å²) in [6.07, 6.45) is 2.17. The number of carbonyl (C=O) groups is 1. The highest BCUT2D eigenvalue weighted by Gasteiger charge is 2.29. The van der Waals surface area contributed by atoms with Gasteiger partial charge in [0.05, 0.1) is 16.3 Å². The standard InChI is InChI=1S/C20H17N3O4/c24-20(27-13-14-6-10-17(11-7-14)23(25)26)19-12-18(15-8-9-15)21-22(19)16-4-2-1-3-5-16/h1-7,10-12,15H,8-9,13H2. The zero-order valence-electron chi connectivity index (χ0n) is 14.4. The number of carbonyl (C=O) groups excluding carboxylic acids is 1. The van der Waals surface area contributed by atoms with Crippen LogP contribution in [0.1, 0.15) is 40.5 Å². The number of non-ortho nitro benzene ring substituents is 1. The number of nitro groups is 1. The van der Waals surface area contributed by atoms with Crippen LogP contribution in [0.2, 0.25) is 0 Å². The van der Waals surface area contributed by atoms with Crippen molar-refractivity contribution < 1.29 is 14.5 Å². The Morgan fingerprint density at radius 3 is 2.48 bits per heavy atom. The Morgan fingerprint density at radius 2 is 1.85 bits per heavy atom. The normalized spacial score (nSPS) is 13.3. The Hall–Kier alpha value is -3.48. The van der Waals surface area contributed by atoms with Crippen molar-refractivity contribution in [3.63, 3.8) is 0 Å². The van der Waals surface area contributed by atoms with Crippen LogP contribution in [0.15, 0.2) is 60.7 Å². The third-order valence-corrected chi connectivity index (χ3v) is 4.45. The molecule has 7 nitrogen and oxygen atoms in total. The van der Waals surface area contributed by atoms with Crippen LogP contribution in [0.3, 0.4) is 0 Å². The van der Waals surface area contributed by atoms with E-state index in [1.54, 1.807) is 22.9 Å².